The minimum atomic E-state index is -4.44. The number of para-hydroxylation sites is 1. The van der Waals surface area contributed by atoms with E-state index in [2.05, 4.69) is 10.6 Å². The van der Waals surface area contributed by atoms with Crippen LogP contribution >= 0.6 is 0 Å². The van der Waals surface area contributed by atoms with Crippen LogP contribution in [0.25, 0.3) is 0 Å². The van der Waals surface area contributed by atoms with Gasteiger partial charge in [0.2, 0.25) is 0 Å². The Morgan fingerprint density at radius 1 is 0.963 bits per heavy atom. The van der Waals surface area contributed by atoms with Gasteiger partial charge in [-0.3, -0.25) is 4.79 Å². The molecule has 2 aromatic carbocycles. The minimum Gasteiger partial charge on any atom is -0.385 e. The average Bonchev–Trinajstić information content (AvgIpc) is 2.68. The molecule has 144 valence electrons. The van der Waals surface area contributed by atoms with Crippen molar-refractivity contribution in [2.45, 2.75) is 37.9 Å². The summed E-state index contributed by atoms with van der Waals surface area (Å²) in [5.41, 5.74) is 0.348. The van der Waals surface area contributed by atoms with Crippen LogP contribution < -0.4 is 10.6 Å². The Labute approximate surface area is 157 Å². The predicted octanol–water partition coefficient (Wildman–Crippen LogP) is 5.11. The topological polar surface area (TPSA) is 41.1 Å². The summed E-state index contributed by atoms with van der Waals surface area (Å²) < 4.78 is 38.4. The summed E-state index contributed by atoms with van der Waals surface area (Å²) in [5.74, 6) is 0.0962. The van der Waals surface area contributed by atoms with Crippen molar-refractivity contribution in [2.24, 2.45) is 5.92 Å². The van der Waals surface area contributed by atoms with Crippen LogP contribution in [-0.2, 0) is 6.18 Å². The molecule has 1 saturated carbocycles. The summed E-state index contributed by atoms with van der Waals surface area (Å²) in [6.45, 7) is 0.887. The van der Waals surface area contributed by atoms with Gasteiger partial charge in [0.25, 0.3) is 5.91 Å². The molecule has 0 aromatic heterocycles. The number of nitrogens with one attached hydrogen (secondary N) is 2. The molecule has 0 radical (unpaired) electrons. The van der Waals surface area contributed by atoms with Crippen molar-refractivity contribution < 1.29 is 18.0 Å². The first-order valence-electron chi connectivity index (χ1n) is 9.19. The fourth-order valence-electron chi connectivity index (χ4n) is 3.43. The third-order valence-electron chi connectivity index (χ3n) is 5.00. The molecule has 6 heteroatoms. The summed E-state index contributed by atoms with van der Waals surface area (Å²) in [6, 6.07) is 14.6. The zero-order valence-corrected chi connectivity index (χ0v) is 14.9. The first-order valence-corrected chi connectivity index (χ1v) is 9.19. The highest BCUT2D eigenvalue weighted by Crippen LogP contribution is 2.30. The number of anilines is 1. The van der Waals surface area contributed by atoms with E-state index in [0.29, 0.717) is 5.92 Å². The van der Waals surface area contributed by atoms with E-state index >= 15 is 0 Å². The van der Waals surface area contributed by atoms with Gasteiger partial charge in [-0.1, -0.05) is 24.3 Å². The zero-order valence-electron chi connectivity index (χ0n) is 14.9. The molecule has 0 unspecified atom stereocenters. The quantitative estimate of drug-likeness (QED) is 0.762. The van der Waals surface area contributed by atoms with Crippen molar-refractivity contribution in [3.8, 4) is 0 Å². The van der Waals surface area contributed by atoms with Crippen LogP contribution in [-0.4, -0.2) is 18.5 Å². The van der Waals surface area contributed by atoms with E-state index in [0.717, 1.165) is 50.0 Å². The molecule has 0 spiro atoms. The molecule has 0 saturated heterocycles. The molecular weight excluding hydrogens is 353 g/mol. The third-order valence-corrected chi connectivity index (χ3v) is 5.00. The van der Waals surface area contributed by atoms with Crippen molar-refractivity contribution in [3.05, 3.63) is 65.7 Å². The lowest BCUT2D eigenvalue weighted by molar-refractivity contribution is -0.137. The molecule has 3 rings (SSSR count). The SMILES string of the molecule is O=C(N[C@H]1CC[C@H](CNc2ccccc2)CC1)c1cccc(C(F)(F)F)c1. The summed E-state index contributed by atoms with van der Waals surface area (Å²) in [4.78, 5) is 12.3. The highest BCUT2D eigenvalue weighted by Gasteiger charge is 2.31. The molecule has 27 heavy (non-hydrogen) atoms. The van der Waals surface area contributed by atoms with E-state index in [9.17, 15) is 18.0 Å². The predicted molar refractivity (Wildman–Crippen MR) is 99.6 cm³/mol. The van der Waals surface area contributed by atoms with Gasteiger partial charge in [-0.25, -0.2) is 0 Å². The number of hydrogen-bond acceptors (Lipinski definition) is 2. The molecule has 0 atom stereocenters. The van der Waals surface area contributed by atoms with Crippen molar-refractivity contribution in [2.75, 3.05) is 11.9 Å². The molecule has 0 aliphatic heterocycles. The summed E-state index contributed by atoms with van der Waals surface area (Å²) >= 11 is 0. The highest BCUT2D eigenvalue weighted by atomic mass is 19.4. The second-order valence-corrected chi connectivity index (χ2v) is 7.02. The van der Waals surface area contributed by atoms with E-state index in [4.69, 9.17) is 0 Å². The summed E-state index contributed by atoms with van der Waals surface area (Å²) in [7, 11) is 0. The first-order chi connectivity index (χ1) is 12.9. The van der Waals surface area contributed by atoms with Crippen LogP contribution in [0.4, 0.5) is 18.9 Å². The molecule has 1 aliphatic carbocycles. The molecule has 1 aliphatic rings. The lowest BCUT2D eigenvalue weighted by Gasteiger charge is -2.29. The Kier molecular flexibility index (Phi) is 6.04. The van der Waals surface area contributed by atoms with Crippen molar-refractivity contribution in [3.63, 3.8) is 0 Å². The number of hydrogen-bond donors (Lipinski definition) is 2. The maximum Gasteiger partial charge on any atom is 0.416 e. The summed E-state index contributed by atoms with van der Waals surface area (Å²) in [6.07, 6.45) is -0.807. The lowest BCUT2D eigenvalue weighted by Crippen LogP contribution is -2.38. The molecule has 3 nitrogen and oxygen atoms in total. The Bertz CT molecular complexity index is 754. The largest absolute Gasteiger partial charge is 0.416 e. The van der Waals surface area contributed by atoms with Crippen molar-refractivity contribution >= 4 is 11.6 Å². The van der Waals surface area contributed by atoms with Crippen LogP contribution in [0.1, 0.15) is 41.6 Å². The van der Waals surface area contributed by atoms with Crippen LogP contribution in [0.15, 0.2) is 54.6 Å². The minimum absolute atomic E-state index is 0.0139. The first kappa shape index (κ1) is 19.3. The summed E-state index contributed by atoms with van der Waals surface area (Å²) in [5, 5.41) is 6.30. The van der Waals surface area contributed by atoms with Gasteiger partial charge < -0.3 is 10.6 Å². The monoisotopic (exact) mass is 376 g/mol. The van der Waals surface area contributed by atoms with Crippen LogP contribution in [0.3, 0.4) is 0 Å². The number of amides is 1. The molecule has 1 fully saturated rings. The van der Waals surface area contributed by atoms with Crippen LogP contribution in [0, 0.1) is 5.92 Å². The van der Waals surface area contributed by atoms with Gasteiger partial charge in [0, 0.05) is 23.8 Å². The number of carbonyl (C=O) groups excluding carboxylic acids is 1. The molecule has 2 N–H and O–H groups in total. The molecule has 2 aromatic rings. The second-order valence-electron chi connectivity index (χ2n) is 7.02. The number of alkyl halides is 3. The standard InChI is InChI=1S/C21H23F3N2O/c22-21(23,24)17-6-4-5-16(13-17)20(27)26-19-11-9-15(10-12-19)14-25-18-7-2-1-3-8-18/h1-8,13,15,19,25H,9-12,14H2,(H,26,27)/t15-,19-. The molecule has 0 bridgehead atoms. The van der Waals surface area contributed by atoms with E-state index in [1.165, 1.54) is 12.1 Å². The molecule has 1 amide bonds. The second kappa shape index (κ2) is 8.46. The lowest BCUT2D eigenvalue weighted by atomic mass is 9.86. The van der Waals surface area contributed by atoms with Gasteiger partial charge >= 0.3 is 6.18 Å². The molecular formula is C21H23F3N2O. The Morgan fingerprint density at radius 3 is 2.33 bits per heavy atom. The number of benzene rings is 2. The van der Waals surface area contributed by atoms with E-state index in [-0.39, 0.29) is 11.6 Å². The normalized spacial score (nSPS) is 20.1. The molecule has 0 heterocycles. The highest BCUT2D eigenvalue weighted by molar-refractivity contribution is 5.94. The fraction of sp³-hybridized carbons (Fsp3) is 0.381. The Balaban J connectivity index is 1.47. The van der Waals surface area contributed by atoms with Gasteiger partial charge in [0.15, 0.2) is 0 Å². The van der Waals surface area contributed by atoms with Crippen molar-refractivity contribution in [1.82, 2.24) is 5.32 Å². The van der Waals surface area contributed by atoms with E-state index in [1.807, 2.05) is 30.3 Å². The maximum atomic E-state index is 12.8. The third kappa shape index (κ3) is 5.49. The van der Waals surface area contributed by atoms with E-state index in [1.54, 1.807) is 0 Å². The van der Waals surface area contributed by atoms with Gasteiger partial charge in [-0.2, -0.15) is 13.2 Å². The smallest absolute Gasteiger partial charge is 0.385 e. The number of halogens is 3. The van der Waals surface area contributed by atoms with Gasteiger partial charge in [0.1, 0.15) is 0 Å². The number of rotatable bonds is 5. The zero-order chi connectivity index (χ0) is 19.3. The van der Waals surface area contributed by atoms with Gasteiger partial charge in [-0.05, 0) is 61.9 Å². The van der Waals surface area contributed by atoms with Gasteiger partial charge in [0.05, 0.1) is 5.56 Å². The van der Waals surface area contributed by atoms with Crippen molar-refractivity contribution in [1.29, 1.82) is 0 Å². The van der Waals surface area contributed by atoms with E-state index < -0.39 is 17.6 Å². The Morgan fingerprint density at radius 2 is 1.67 bits per heavy atom. The van der Waals surface area contributed by atoms with Crippen LogP contribution in [0.5, 0.6) is 0 Å². The van der Waals surface area contributed by atoms with Gasteiger partial charge in [-0.15, -0.1) is 0 Å². The number of carbonyl (C=O) groups is 1. The van der Waals surface area contributed by atoms with Crippen LogP contribution in [0.2, 0.25) is 0 Å². The fourth-order valence-corrected chi connectivity index (χ4v) is 3.43. The maximum absolute atomic E-state index is 12.8. The Hall–Kier alpha value is -2.50. The average molecular weight is 376 g/mol.